The highest BCUT2D eigenvalue weighted by Crippen LogP contribution is 2.33. The number of fused-ring (bicyclic) bond motifs is 3. The molecule has 7 heteroatoms. The monoisotopic (exact) mass is 413 g/mol. The number of rotatable bonds is 4. The van der Waals surface area contributed by atoms with Crippen LogP contribution in [0, 0.1) is 13.8 Å². The maximum absolute atomic E-state index is 13.3. The molecule has 0 unspecified atom stereocenters. The number of imidazole rings is 1. The second-order valence-electron chi connectivity index (χ2n) is 7.81. The molecule has 5 aromatic rings. The fourth-order valence-electron chi connectivity index (χ4n) is 4.46. The number of aryl methyl sites for hydroxylation is 3. The van der Waals surface area contributed by atoms with Crippen molar-refractivity contribution in [2.45, 2.75) is 33.2 Å². The summed E-state index contributed by atoms with van der Waals surface area (Å²) in [7, 11) is 1.79. The zero-order valence-electron chi connectivity index (χ0n) is 18.0. The molecule has 31 heavy (non-hydrogen) atoms. The lowest BCUT2D eigenvalue weighted by atomic mass is 10.0. The van der Waals surface area contributed by atoms with Crippen LogP contribution >= 0.6 is 0 Å². The summed E-state index contributed by atoms with van der Waals surface area (Å²) >= 11 is 0. The third-order valence-electron chi connectivity index (χ3n) is 5.97. The maximum Gasteiger partial charge on any atom is 0.329 e. The van der Waals surface area contributed by atoms with Gasteiger partial charge in [0.05, 0.1) is 40.2 Å². The Kier molecular flexibility index (Phi) is 4.46. The summed E-state index contributed by atoms with van der Waals surface area (Å²) in [5, 5.41) is 5.00. The van der Waals surface area contributed by atoms with Gasteiger partial charge in [0.15, 0.2) is 0 Å². The van der Waals surface area contributed by atoms with Gasteiger partial charge in [-0.1, -0.05) is 30.3 Å². The normalized spacial score (nSPS) is 12.6. The van der Waals surface area contributed by atoms with Gasteiger partial charge in [0.1, 0.15) is 5.76 Å². The maximum atomic E-state index is 13.3. The molecule has 0 aliphatic heterocycles. The summed E-state index contributed by atoms with van der Waals surface area (Å²) in [4.78, 5) is 22.5. The lowest BCUT2D eigenvalue weighted by Gasteiger charge is -2.17. The summed E-state index contributed by atoms with van der Waals surface area (Å²) in [6.07, 6.45) is 4.29. The first kappa shape index (κ1) is 19.2. The first-order chi connectivity index (χ1) is 15.0. The van der Waals surface area contributed by atoms with E-state index in [2.05, 4.69) is 22.0 Å². The number of benzene rings is 1. The molecule has 7 nitrogen and oxygen atoms in total. The Balaban J connectivity index is 1.81. The molecule has 1 aromatic carbocycles. The molecule has 5 rings (SSSR count). The van der Waals surface area contributed by atoms with Crippen molar-refractivity contribution in [3.05, 3.63) is 76.4 Å². The highest BCUT2D eigenvalue weighted by Gasteiger charge is 2.23. The summed E-state index contributed by atoms with van der Waals surface area (Å²) < 4.78 is 8.86. The van der Waals surface area contributed by atoms with Gasteiger partial charge in [-0.3, -0.25) is 19.1 Å². The van der Waals surface area contributed by atoms with Crippen molar-refractivity contribution in [1.29, 1.82) is 0 Å². The molecule has 156 valence electrons. The minimum absolute atomic E-state index is 0.0726. The second kappa shape index (κ2) is 7.19. The van der Waals surface area contributed by atoms with Gasteiger partial charge in [-0.2, -0.15) is 0 Å². The molecule has 0 radical (unpaired) electrons. The molecule has 0 aliphatic rings. The van der Waals surface area contributed by atoms with Gasteiger partial charge in [0.25, 0.3) is 0 Å². The first-order valence-corrected chi connectivity index (χ1v) is 10.3. The molecule has 0 saturated carbocycles. The van der Waals surface area contributed by atoms with E-state index in [1.807, 2.05) is 54.8 Å². The van der Waals surface area contributed by atoms with Gasteiger partial charge in [0, 0.05) is 24.2 Å². The third-order valence-corrected chi connectivity index (χ3v) is 5.97. The Hall–Kier alpha value is -3.74. The van der Waals surface area contributed by atoms with E-state index in [0.717, 1.165) is 56.6 Å². The van der Waals surface area contributed by atoms with Crippen molar-refractivity contribution in [3.63, 3.8) is 0 Å². The molecule has 0 spiro atoms. The Labute approximate surface area is 179 Å². The number of hydrogen-bond donors (Lipinski definition) is 0. The predicted molar refractivity (Wildman–Crippen MR) is 120 cm³/mol. The van der Waals surface area contributed by atoms with Crippen LogP contribution in [0.5, 0.6) is 0 Å². The number of hydrogen-bond acceptors (Lipinski definition) is 5. The molecule has 0 N–H and O–H groups in total. The minimum atomic E-state index is -0.162. The van der Waals surface area contributed by atoms with E-state index in [9.17, 15) is 4.79 Å². The van der Waals surface area contributed by atoms with Crippen LogP contribution in [-0.4, -0.2) is 24.3 Å². The van der Waals surface area contributed by atoms with Gasteiger partial charge in [-0.05, 0) is 44.0 Å². The van der Waals surface area contributed by atoms with Crippen LogP contribution in [0.1, 0.15) is 36.5 Å². The first-order valence-electron chi connectivity index (χ1n) is 10.3. The SMILES string of the molecule is CC[C@H](c1ccccn1)n1c(=O)n(C)c2cnc3cc(-c4c(C)noc4C)ccc3c21. The van der Waals surface area contributed by atoms with Crippen molar-refractivity contribution < 1.29 is 4.52 Å². The zero-order chi connectivity index (χ0) is 21.7. The smallest absolute Gasteiger partial charge is 0.329 e. The van der Waals surface area contributed by atoms with E-state index in [4.69, 9.17) is 4.52 Å². The number of pyridine rings is 2. The lowest BCUT2D eigenvalue weighted by Crippen LogP contribution is -2.27. The minimum Gasteiger partial charge on any atom is -0.361 e. The van der Waals surface area contributed by atoms with Crippen molar-refractivity contribution in [3.8, 4) is 11.1 Å². The average molecular weight is 413 g/mol. The van der Waals surface area contributed by atoms with Crippen molar-refractivity contribution in [1.82, 2.24) is 24.3 Å². The molecule has 0 aliphatic carbocycles. The largest absolute Gasteiger partial charge is 0.361 e. The third kappa shape index (κ3) is 2.88. The Morgan fingerprint density at radius 1 is 1.13 bits per heavy atom. The van der Waals surface area contributed by atoms with E-state index in [1.165, 1.54) is 0 Å². The van der Waals surface area contributed by atoms with Crippen LogP contribution in [0.2, 0.25) is 0 Å². The van der Waals surface area contributed by atoms with Crippen LogP contribution in [0.25, 0.3) is 33.1 Å². The molecule has 4 aromatic heterocycles. The Morgan fingerprint density at radius 3 is 2.65 bits per heavy atom. The van der Waals surface area contributed by atoms with Crippen molar-refractivity contribution in [2.75, 3.05) is 0 Å². The summed E-state index contributed by atoms with van der Waals surface area (Å²) in [6, 6.07) is 11.8. The van der Waals surface area contributed by atoms with Crippen molar-refractivity contribution >= 4 is 21.9 Å². The molecular formula is C24H23N5O2. The standard InChI is InChI=1S/C24H23N5O2/c1-5-20(18-8-6-7-11-25-18)29-23-17-10-9-16(22-14(2)27-31-15(22)3)12-19(17)26-13-21(23)28(4)24(29)30/h6-13,20H,5H2,1-4H3/t20-/m1/s1. The van der Waals surface area contributed by atoms with Crippen LogP contribution < -0.4 is 5.69 Å². The molecular weight excluding hydrogens is 390 g/mol. The van der Waals surface area contributed by atoms with Gasteiger partial charge in [-0.25, -0.2) is 4.79 Å². The van der Waals surface area contributed by atoms with Crippen molar-refractivity contribution in [2.24, 2.45) is 7.05 Å². The molecule has 1 atom stereocenters. The van der Waals surface area contributed by atoms with Gasteiger partial charge in [0.2, 0.25) is 0 Å². The topological polar surface area (TPSA) is 78.7 Å². The van der Waals surface area contributed by atoms with E-state index in [1.54, 1.807) is 24.0 Å². The quantitative estimate of drug-likeness (QED) is 0.432. The number of nitrogens with zero attached hydrogens (tertiary/aromatic N) is 5. The highest BCUT2D eigenvalue weighted by molar-refractivity contribution is 6.03. The Bertz CT molecular complexity index is 1460. The van der Waals surface area contributed by atoms with Crippen LogP contribution in [0.4, 0.5) is 0 Å². The van der Waals surface area contributed by atoms with E-state index in [-0.39, 0.29) is 11.7 Å². The van der Waals surface area contributed by atoms with Crippen LogP contribution in [0.15, 0.2) is 58.1 Å². The fourth-order valence-corrected chi connectivity index (χ4v) is 4.46. The predicted octanol–water partition coefficient (Wildman–Crippen LogP) is 4.55. The van der Waals surface area contributed by atoms with E-state index < -0.39 is 0 Å². The zero-order valence-corrected chi connectivity index (χ0v) is 18.0. The Morgan fingerprint density at radius 2 is 1.97 bits per heavy atom. The van der Waals surface area contributed by atoms with Gasteiger partial charge < -0.3 is 4.52 Å². The summed E-state index contributed by atoms with van der Waals surface area (Å²) in [5.74, 6) is 0.774. The van der Waals surface area contributed by atoms with E-state index >= 15 is 0 Å². The van der Waals surface area contributed by atoms with Crippen LogP contribution in [-0.2, 0) is 7.05 Å². The molecule has 0 bridgehead atoms. The molecule has 4 heterocycles. The van der Waals surface area contributed by atoms with E-state index in [0.29, 0.717) is 0 Å². The number of aromatic nitrogens is 5. The average Bonchev–Trinajstić information content (AvgIpc) is 3.25. The summed E-state index contributed by atoms with van der Waals surface area (Å²) in [5.41, 5.74) is 6.12. The molecule has 0 amide bonds. The second-order valence-corrected chi connectivity index (χ2v) is 7.81. The summed E-state index contributed by atoms with van der Waals surface area (Å²) in [6.45, 7) is 5.91. The molecule has 0 saturated heterocycles. The van der Waals surface area contributed by atoms with Gasteiger partial charge >= 0.3 is 5.69 Å². The van der Waals surface area contributed by atoms with Crippen LogP contribution in [0.3, 0.4) is 0 Å². The van der Waals surface area contributed by atoms with Gasteiger partial charge in [-0.15, -0.1) is 0 Å². The fraction of sp³-hybridized carbons (Fsp3) is 0.250. The lowest BCUT2D eigenvalue weighted by molar-refractivity contribution is 0.393. The molecule has 0 fully saturated rings. The highest BCUT2D eigenvalue weighted by atomic mass is 16.5.